The molecule has 4 rings (SSSR count). The van der Waals surface area contributed by atoms with Gasteiger partial charge in [0.25, 0.3) is 5.91 Å². The fourth-order valence-electron chi connectivity index (χ4n) is 4.09. The zero-order chi connectivity index (χ0) is 20.9. The van der Waals surface area contributed by atoms with Crippen LogP contribution >= 0.6 is 0 Å². The van der Waals surface area contributed by atoms with E-state index < -0.39 is 0 Å². The van der Waals surface area contributed by atoms with Gasteiger partial charge in [-0.05, 0) is 69.1 Å². The maximum Gasteiger partial charge on any atom is 0.253 e. The zero-order valence-electron chi connectivity index (χ0n) is 17.9. The predicted octanol–water partition coefficient (Wildman–Crippen LogP) is 4.15. The first-order chi connectivity index (χ1) is 14.6. The maximum atomic E-state index is 12.7. The van der Waals surface area contributed by atoms with E-state index in [1.165, 1.54) is 12.8 Å². The van der Waals surface area contributed by atoms with Crippen LogP contribution in [0.4, 0.5) is 11.4 Å². The minimum Gasteiger partial charge on any atom is -0.493 e. The summed E-state index contributed by atoms with van der Waals surface area (Å²) in [5.74, 6) is 1.63. The van der Waals surface area contributed by atoms with Crippen molar-refractivity contribution in [3.63, 3.8) is 0 Å². The number of carbonyl (C=O) groups excluding carboxylic acids is 1. The lowest BCUT2D eigenvalue weighted by atomic mass is 10.1. The summed E-state index contributed by atoms with van der Waals surface area (Å²) >= 11 is 0. The number of hydrogen-bond donors (Lipinski definition) is 1. The van der Waals surface area contributed by atoms with Crippen molar-refractivity contribution in [3.8, 4) is 11.5 Å². The van der Waals surface area contributed by atoms with Crippen LogP contribution in [0.15, 0.2) is 42.5 Å². The largest absolute Gasteiger partial charge is 0.493 e. The standard InChI is InChI=1S/C24H31N3O3/c1-26-13-15-27(16-14-26)24(28)18-7-9-19(10-8-18)25-20-11-12-22(29-2)23(17-20)30-21-5-3-4-6-21/h7-12,17,21,25H,3-6,13-16H2,1-2H3. The Morgan fingerprint density at radius 1 is 0.933 bits per heavy atom. The molecule has 1 aliphatic carbocycles. The van der Waals surface area contributed by atoms with Gasteiger partial charge < -0.3 is 24.6 Å². The van der Waals surface area contributed by atoms with E-state index in [0.29, 0.717) is 0 Å². The molecule has 6 heteroatoms. The monoisotopic (exact) mass is 409 g/mol. The number of anilines is 2. The van der Waals surface area contributed by atoms with Crippen LogP contribution in [0, 0.1) is 0 Å². The summed E-state index contributed by atoms with van der Waals surface area (Å²) in [5, 5.41) is 3.40. The molecule has 1 amide bonds. The van der Waals surface area contributed by atoms with Crippen LogP contribution in [-0.2, 0) is 0 Å². The van der Waals surface area contributed by atoms with Crippen LogP contribution in [-0.4, -0.2) is 62.1 Å². The molecule has 0 radical (unpaired) electrons. The molecular formula is C24H31N3O3. The van der Waals surface area contributed by atoms with Crippen molar-refractivity contribution < 1.29 is 14.3 Å². The van der Waals surface area contributed by atoms with E-state index in [9.17, 15) is 4.79 Å². The summed E-state index contributed by atoms with van der Waals surface area (Å²) in [6.45, 7) is 3.41. The van der Waals surface area contributed by atoms with E-state index in [2.05, 4.69) is 17.3 Å². The molecule has 1 aliphatic heterocycles. The molecule has 2 aromatic rings. The number of hydrogen-bond acceptors (Lipinski definition) is 5. The quantitative estimate of drug-likeness (QED) is 0.777. The molecular weight excluding hydrogens is 378 g/mol. The summed E-state index contributed by atoms with van der Waals surface area (Å²) in [6.07, 6.45) is 4.93. The van der Waals surface area contributed by atoms with E-state index in [-0.39, 0.29) is 12.0 Å². The van der Waals surface area contributed by atoms with E-state index in [1.54, 1.807) is 7.11 Å². The lowest BCUT2D eigenvalue weighted by Gasteiger charge is -2.32. The first-order valence-corrected chi connectivity index (χ1v) is 10.8. The van der Waals surface area contributed by atoms with Crippen molar-refractivity contribution in [1.82, 2.24) is 9.80 Å². The van der Waals surface area contributed by atoms with Gasteiger partial charge in [-0.3, -0.25) is 4.79 Å². The predicted molar refractivity (Wildman–Crippen MR) is 119 cm³/mol. The van der Waals surface area contributed by atoms with E-state index in [1.807, 2.05) is 47.4 Å². The molecule has 0 unspecified atom stereocenters. The smallest absolute Gasteiger partial charge is 0.253 e. The first kappa shape index (κ1) is 20.5. The minimum absolute atomic E-state index is 0.103. The number of benzene rings is 2. The van der Waals surface area contributed by atoms with Crippen molar-refractivity contribution in [3.05, 3.63) is 48.0 Å². The molecule has 0 spiro atoms. The van der Waals surface area contributed by atoms with Crippen molar-refractivity contribution in [2.45, 2.75) is 31.8 Å². The van der Waals surface area contributed by atoms with Gasteiger partial charge in [-0.2, -0.15) is 0 Å². The van der Waals surface area contributed by atoms with E-state index >= 15 is 0 Å². The molecule has 1 heterocycles. The summed E-state index contributed by atoms with van der Waals surface area (Å²) in [7, 11) is 3.76. The molecule has 1 saturated carbocycles. The van der Waals surface area contributed by atoms with E-state index in [0.717, 1.165) is 67.5 Å². The Bertz CT molecular complexity index is 854. The van der Waals surface area contributed by atoms with Crippen molar-refractivity contribution in [2.24, 2.45) is 0 Å². The molecule has 160 valence electrons. The molecule has 2 aliphatic rings. The second-order valence-electron chi connectivity index (χ2n) is 8.19. The molecule has 2 fully saturated rings. The Labute approximate surface area is 178 Å². The molecule has 30 heavy (non-hydrogen) atoms. The number of nitrogens with zero attached hydrogens (tertiary/aromatic N) is 2. The van der Waals surface area contributed by atoms with Gasteiger partial charge in [-0.25, -0.2) is 0 Å². The number of amides is 1. The average molecular weight is 410 g/mol. The highest BCUT2D eigenvalue weighted by molar-refractivity contribution is 5.94. The molecule has 1 saturated heterocycles. The maximum absolute atomic E-state index is 12.7. The van der Waals surface area contributed by atoms with Crippen LogP contribution in [0.3, 0.4) is 0 Å². The Kier molecular flexibility index (Phi) is 6.43. The number of carbonyl (C=O) groups is 1. The van der Waals surface area contributed by atoms with Crippen molar-refractivity contribution in [2.75, 3.05) is 45.7 Å². The molecule has 0 bridgehead atoms. The molecule has 0 atom stereocenters. The average Bonchev–Trinajstić information content (AvgIpc) is 3.28. The molecule has 6 nitrogen and oxygen atoms in total. The highest BCUT2D eigenvalue weighted by atomic mass is 16.5. The summed E-state index contributed by atoms with van der Waals surface area (Å²) < 4.78 is 11.7. The lowest BCUT2D eigenvalue weighted by molar-refractivity contribution is 0.0664. The van der Waals surface area contributed by atoms with Crippen molar-refractivity contribution in [1.29, 1.82) is 0 Å². The number of nitrogens with one attached hydrogen (secondary N) is 1. The highest BCUT2D eigenvalue weighted by Gasteiger charge is 2.21. The second-order valence-corrected chi connectivity index (χ2v) is 8.19. The fraction of sp³-hybridized carbons (Fsp3) is 0.458. The zero-order valence-corrected chi connectivity index (χ0v) is 17.9. The fourth-order valence-corrected chi connectivity index (χ4v) is 4.09. The first-order valence-electron chi connectivity index (χ1n) is 10.8. The second kappa shape index (κ2) is 9.39. The number of ether oxygens (including phenoxy) is 2. The minimum atomic E-state index is 0.103. The van der Waals surface area contributed by atoms with Crippen LogP contribution in [0.5, 0.6) is 11.5 Å². The number of likely N-dealkylation sites (N-methyl/N-ethyl adjacent to an activating group) is 1. The SMILES string of the molecule is COc1ccc(Nc2ccc(C(=O)N3CCN(C)CC3)cc2)cc1OC1CCCC1. The van der Waals surface area contributed by atoms with Gasteiger partial charge in [0.1, 0.15) is 0 Å². The Balaban J connectivity index is 1.42. The Morgan fingerprint density at radius 2 is 1.60 bits per heavy atom. The van der Waals surface area contributed by atoms with Gasteiger partial charge in [0, 0.05) is 49.2 Å². The third-order valence-corrected chi connectivity index (χ3v) is 5.97. The third-order valence-electron chi connectivity index (χ3n) is 5.97. The Hall–Kier alpha value is -2.73. The van der Waals surface area contributed by atoms with Gasteiger partial charge in [0.15, 0.2) is 11.5 Å². The highest BCUT2D eigenvalue weighted by Crippen LogP contribution is 2.34. The van der Waals surface area contributed by atoms with Crippen LogP contribution in [0.25, 0.3) is 0 Å². The molecule has 0 aromatic heterocycles. The van der Waals surface area contributed by atoms with Gasteiger partial charge in [0.05, 0.1) is 13.2 Å². The van der Waals surface area contributed by atoms with Gasteiger partial charge in [-0.15, -0.1) is 0 Å². The van der Waals surface area contributed by atoms with Crippen molar-refractivity contribution >= 4 is 17.3 Å². The van der Waals surface area contributed by atoms with Crippen LogP contribution in [0.1, 0.15) is 36.0 Å². The summed E-state index contributed by atoms with van der Waals surface area (Å²) in [4.78, 5) is 16.9. The number of rotatable bonds is 6. The van der Waals surface area contributed by atoms with Gasteiger partial charge in [-0.1, -0.05) is 0 Å². The normalized spacial score (nSPS) is 17.7. The molecule has 2 aromatic carbocycles. The number of methoxy groups -OCH3 is 1. The van der Waals surface area contributed by atoms with Gasteiger partial charge in [0.2, 0.25) is 0 Å². The summed E-state index contributed by atoms with van der Waals surface area (Å²) in [6, 6.07) is 13.6. The van der Waals surface area contributed by atoms with E-state index in [4.69, 9.17) is 9.47 Å². The van der Waals surface area contributed by atoms with Crippen LogP contribution in [0.2, 0.25) is 0 Å². The lowest BCUT2D eigenvalue weighted by Crippen LogP contribution is -2.47. The third kappa shape index (κ3) is 4.87. The summed E-state index contributed by atoms with van der Waals surface area (Å²) in [5.41, 5.74) is 2.59. The topological polar surface area (TPSA) is 54.0 Å². The Morgan fingerprint density at radius 3 is 2.27 bits per heavy atom. The molecule has 1 N–H and O–H groups in total. The number of piperazine rings is 1. The van der Waals surface area contributed by atoms with Gasteiger partial charge >= 0.3 is 0 Å². The van der Waals surface area contributed by atoms with Crippen LogP contribution < -0.4 is 14.8 Å².